The predicted octanol–water partition coefficient (Wildman–Crippen LogP) is 4.07. The molecule has 0 saturated heterocycles. The molecule has 0 spiro atoms. The fourth-order valence-corrected chi connectivity index (χ4v) is 2.10. The molecule has 1 nitrogen and oxygen atoms in total. The van der Waals surface area contributed by atoms with E-state index in [0.717, 1.165) is 6.54 Å². The van der Waals surface area contributed by atoms with Gasteiger partial charge in [-0.3, -0.25) is 0 Å². The summed E-state index contributed by atoms with van der Waals surface area (Å²) in [5.74, 6) is 0. The average Bonchev–Trinajstić information content (AvgIpc) is 2.18. The number of hydrogen-bond donors (Lipinski definition) is 0. The molecular formula is C13H20BrN. The van der Waals surface area contributed by atoms with Gasteiger partial charge < -0.3 is 4.90 Å². The van der Waals surface area contributed by atoms with E-state index in [1.807, 2.05) is 0 Å². The van der Waals surface area contributed by atoms with Crippen molar-refractivity contribution in [1.29, 1.82) is 0 Å². The highest BCUT2D eigenvalue weighted by molar-refractivity contribution is 9.10. The number of nitrogens with zero attached hydrogens (tertiary/aromatic N) is 1. The Kier molecular flexibility index (Phi) is 5.96. The van der Waals surface area contributed by atoms with Crippen LogP contribution in [0.15, 0.2) is 28.7 Å². The lowest BCUT2D eigenvalue weighted by atomic mass is 10.2. The molecule has 0 heterocycles. The van der Waals surface area contributed by atoms with Gasteiger partial charge in [0.1, 0.15) is 0 Å². The Hall–Kier alpha value is -0.340. The summed E-state index contributed by atoms with van der Waals surface area (Å²) in [5, 5.41) is 0. The Morgan fingerprint density at radius 1 is 1.27 bits per heavy atom. The van der Waals surface area contributed by atoms with Crippen molar-refractivity contribution >= 4 is 15.9 Å². The van der Waals surface area contributed by atoms with Gasteiger partial charge in [-0.15, -0.1) is 0 Å². The van der Waals surface area contributed by atoms with E-state index in [2.05, 4.69) is 59.1 Å². The number of halogens is 1. The molecule has 84 valence electrons. The van der Waals surface area contributed by atoms with Crippen molar-refractivity contribution in [3.05, 3.63) is 34.3 Å². The summed E-state index contributed by atoms with van der Waals surface area (Å²) >= 11 is 3.50. The zero-order chi connectivity index (χ0) is 11.1. The van der Waals surface area contributed by atoms with Crippen LogP contribution in [-0.4, -0.2) is 18.5 Å². The molecule has 0 aliphatic heterocycles. The minimum absolute atomic E-state index is 1.04. The second-order valence-electron chi connectivity index (χ2n) is 4.07. The van der Waals surface area contributed by atoms with Crippen molar-refractivity contribution in [3.8, 4) is 0 Å². The third-order valence-corrected chi connectivity index (χ3v) is 2.98. The molecule has 1 rings (SSSR count). The maximum absolute atomic E-state index is 3.50. The normalized spacial score (nSPS) is 10.9. The lowest BCUT2D eigenvalue weighted by molar-refractivity contribution is 0.318. The third kappa shape index (κ3) is 5.33. The van der Waals surface area contributed by atoms with E-state index in [9.17, 15) is 0 Å². The van der Waals surface area contributed by atoms with Crippen molar-refractivity contribution in [2.24, 2.45) is 0 Å². The maximum atomic E-state index is 3.50. The van der Waals surface area contributed by atoms with E-state index in [1.165, 1.54) is 35.8 Å². The Bertz CT molecular complexity index is 286. The minimum atomic E-state index is 1.04. The smallest absolute Gasteiger partial charge is 0.0231 e. The van der Waals surface area contributed by atoms with Crippen LogP contribution < -0.4 is 0 Å². The first-order chi connectivity index (χ1) is 7.22. The molecule has 15 heavy (non-hydrogen) atoms. The fraction of sp³-hybridized carbons (Fsp3) is 0.538. The molecule has 0 radical (unpaired) electrons. The number of unbranched alkanes of at least 4 members (excludes halogenated alkanes) is 2. The molecule has 0 saturated carbocycles. The zero-order valence-corrected chi connectivity index (χ0v) is 11.3. The van der Waals surface area contributed by atoms with Gasteiger partial charge in [0.25, 0.3) is 0 Å². The van der Waals surface area contributed by atoms with Crippen molar-refractivity contribution in [2.75, 3.05) is 13.6 Å². The highest BCUT2D eigenvalue weighted by Crippen LogP contribution is 2.13. The lowest BCUT2D eigenvalue weighted by Crippen LogP contribution is -2.18. The van der Waals surface area contributed by atoms with Crippen LogP contribution >= 0.6 is 15.9 Å². The van der Waals surface area contributed by atoms with Crippen LogP contribution in [0.4, 0.5) is 0 Å². The summed E-state index contributed by atoms with van der Waals surface area (Å²) in [6.07, 6.45) is 3.94. The second-order valence-corrected chi connectivity index (χ2v) is 4.99. The topological polar surface area (TPSA) is 3.24 Å². The van der Waals surface area contributed by atoms with Gasteiger partial charge in [0.05, 0.1) is 0 Å². The first-order valence-corrected chi connectivity index (χ1v) is 6.44. The SMILES string of the molecule is CCCCCN(C)Cc1cccc(Br)c1. The van der Waals surface area contributed by atoms with Crippen molar-refractivity contribution in [1.82, 2.24) is 4.90 Å². The van der Waals surface area contributed by atoms with Crippen LogP contribution in [0.2, 0.25) is 0 Å². The molecule has 0 N–H and O–H groups in total. The molecule has 1 aromatic rings. The first-order valence-electron chi connectivity index (χ1n) is 5.65. The summed E-state index contributed by atoms with van der Waals surface area (Å²) in [7, 11) is 2.19. The molecule has 0 aromatic heterocycles. The van der Waals surface area contributed by atoms with Crippen molar-refractivity contribution in [2.45, 2.75) is 32.7 Å². The lowest BCUT2D eigenvalue weighted by Gasteiger charge is -2.16. The van der Waals surface area contributed by atoms with Crippen LogP contribution in [0.5, 0.6) is 0 Å². The van der Waals surface area contributed by atoms with Gasteiger partial charge in [0.15, 0.2) is 0 Å². The van der Waals surface area contributed by atoms with Crippen molar-refractivity contribution in [3.63, 3.8) is 0 Å². The zero-order valence-electron chi connectivity index (χ0n) is 9.67. The molecule has 0 amide bonds. The van der Waals surface area contributed by atoms with E-state index in [1.54, 1.807) is 0 Å². The molecule has 1 aromatic carbocycles. The van der Waals surface area contributed by atoms with Crippen LogP contribution in [0, 0.1) is 0 Å². The maximum Gasteiger partial charge on any atom is 0.0231 e. The van der Waals surface area contributed by atoms with Gasteiger partial charge in [-0.25, -0.2) is 0 Å². The fourth-order valence-electron chi connectivity index (χ4n) is 1.66. The van der Waals surface area contributed by atoms with E-state index in [0.29, 0.717) is 0 Å². The third-order valence-electron chi connectivity index (χ3n) is 2.48. The summed E-state index contributed by atoms with van der Waals surface area (Å²) in [4.78, 5) is 2.39. The monoisotopic (exact) mass is 269 g/mol. The molecule has 0 aliphatic carbocycles. The Morgan fingerprint density at radius 3 is 2.73 bits per heavy atom. The van der Waals surface area contributed by atoms with Gasteiger partial charge in [0.2, 0.25) is 0 Å². The largest absolute Gasteiger partial charge is 0.302 e. The second kappa shape index (κ2) is 7.02. The van der Waals surface area contributed by atoms with Gasteiger partial charge >= 0.3 is 0 Å². The number of rotatable bonds is 6. The predicted molar refractivity (Wildman–Crippen MR) is 70.0 cm³/mol. The molecule has 0 atom stereocenters. The molecule has 0 aliphatic rings. The van der Waals surface area contributed by atoms with Crippen LogP contribution in [0.25, 0.3) is 0 Å². The van der Waals surface area contributed by atoms with E-state index < -0.39 is 0 Å². The first kappa shape index (κ1) is 12.7. The van der Waals surface area contributed by atoms with Crippen LogP contribution in [-0.2, 0) is 6.54 Å². The molecule has 0 unspecified atom stereocenters. The number of benzene rings is 1. The van der Waals surface area contributed by atoms with E-state index >= 15 is 0 Å². The highest BCUT2D eigenvalue weighted by Gasteiger charge is 2.00. The summed E-state index contributed by atoms with van der Waals surface area (Å²) in [5.41, 5.74) is 1.38. The van der Waals surface area contributed by atoms with Gasteiger partial charge in [-0.1, -0.05) is 47.8 Å². The summed E-state index contributed by atoms with van der Waals surface area (Å²) < 4.78 is 1.17. The molecule has 2 heteroatoms. The van der Waals surface area contributed by atoms with E-state index in [4.69, 9.17) is 0 Å². The Balaban J connectivity index is 2.34. The van der Waals surface area contributed by atoms with Crippen LogP contribution in [0.3, 0.4) is 0 Å². The quantitative estimate of drug-likeness (QED) is 0.704. The number of hydrogen-bond acceptors (Lipinski definition) is 1. The van der Waals surface area contributed by atoms with Crippen molar-refractivity contribution < 1.29 is 0 Å². The van der Waals surface area contributed by atoms with Crippen LogP contribution in [0.1, 0.15) is 31.7 Å². The Morgan fingerprint density at radius 2 is 2.07 bits per heavy atom. The average molecular weight is 270 g/mol. The highest BCUT2D eigenvalue weighted by atomic mass is 79.9. The molecular weight excluding hydrogens is 250 g/mol. The van der Waals surface area contributed by atoms with Gasteiger partial charge in [-0.05, 0) is 37.7 Å². The standard InChI is InChI=1S/C13H20BrN/c1-3-4-5-9-15(2)11-12-7-6-8-13(14)10-12/h6-8,10H,3-5,9,11H2,1-2H3. The minimum Gasteiger partial charge on any atom is -0.302 e. The van der Waals surface area contributed by atoms with E-state index in [-0.39, 0.29) is 0 Å². The van der Waals surface area contributed by atoms with Gasteiger partial charge in [-0.2, -0.15) is 0 Å². The summed E-state index contributed by atoms with van der Waals surface area (Å²) in [6.45, 7) is 4.48. The van der Waals surface area contributed by atoms with Gasteiger partial charge in [0, 0.05) is 11.0 Å². The molecule has 0 bridgehead atoms. The molecule has 0 fully saturated rings. The Labute approximate surface area is 102 Å². The summed E-state index contributed by atoms with van der Waals surface area (Å²) in [6, 6.07) is 8.54.